The number of oxime groups is 1. The van der Waals surface area contributed by atoms with Crippen LogP contribution in [0, 0.1) is 0 Å². The molecule has 0 fully saturated rings. The zero-order valence-electron chi connectivity index (χ0n) is 10.8. The number of nitrogens with two attached hydrogens (primary N) is 1. The summed E-state index contributed by atoms with van der Waals surface area (Å²) in [6.07, 6.45) is 0.203. The Morgan fingerprint density at radius 2 is 2.16 bits per heavy atom. The van der Waals surface area contributed by atoms with Crippen molar-refractivity contribution in [2.75, 3.05) is 0 Å². The third kappa shape index (κ3) is 2.93. The third-order valence-corrected chi connectivity index (χ3v) is 2.77. The Labute approximate surface area is 117 Å². The quantitative estimate of drug-likeness (QED) is 0.391. The van der Waals surface area contributed by atoms with Gasteiger partial charge in [0.25, 0.3) is 0 Å². The number of aryl methyl sites for hydroxylation is 1. The average Bonchev–Trinajstić information content (AvgIpc) is 2.76. The molecule has 1 aromatic carbocycles. The van der Waals surface area contributed by atoms with Crippen molar-refractivity contribution in [3.8, 4) is 5.75 Å². The van der Waals surface area contributed by atoms with Crippen molar-refractivity contribution in [3.05, 3.63) is 30.0 Å². The Morgan fingerprint density at radius 1 is 1.47 bits per heavy atom. The molecule has 1 aromatic heterocycles. The summed E-state index contributed by atoms with van der Waals surface area (Å²) in [5.41, 5.74) is 6.29. The highest BCUT2D eigenvalue weighted by Crippen LogP contribution is 2.33. The Morgan fingerprint density at radius 3 is 2.79 bits per heavy atom. The molecule has 1 atom stereocenters. The van der Waals surface area contributed by atoms with Crippen molar-refractivity contribution in [1.82, 2.24) is 0 Å². The minimum absolute atomic E-state index is 0. The highest BCUT2D eigenvalue weighted by atomic mass is 35.5. The first-order valence-corrected chi connectivity index (χ1v) is 5.81. The van der Waals surface area contributed by atoms with Crippen LogP contribution in [-0.2, 0) is 6.42 Å². The molecule has 2 rings (SSSR count). The van der Waals surface area contributed by atoms with E-state index in [4.69, 9.17) is 20.1 Å². The molecule has 104 valence electrons. The van der Waals surface area contributed by atoms with E-state index in [1.165, 1.54) is 0 Å². The summed E-state index contributed by atoms with van der Waals surface area (Å²) in [7, 11) is 0. The second kappa shape index (κ2) is 6.33. The van der Waals surface area contributed by atoms with Gasteiger partial charge in [-0.15, -0.1) is 12.4 Å². The zero-order chi connectivity index (χ0) is 13.1. The molecule has 0 aliphatic rings. The Kier molecular flexibility index (Phi) is 5.06. The number of benzene rings is 1. The minimum Gasteiger partial charge on any atom is -0.478 e. The van der Waals surface area contributed by atoms with Crippen molar-refractivity contribution in [3.63, 3.8) is 0 Å². The third-order valence-electron chi connectivity index (χ3n) is 2.77. The van der Waals surface area contributed by atoms with Gasteiger partial charge >= 0.3 is 0 Å². The van der Waals surface area contributed by atoms with Gasteiger partial charge in [-0.1, -0.05) is 24.2 Å². The topological polar surface area (TPSA) is 81.0 Å². The van der Waals surface area contributed by atoms with Gasteiger partial charge in [0.05, 0.1) is 5.39 Å². The summed E-state index contributed by atoms with van der Waals surface area (Å²) in [5.74, 6) is 1.45. The fourth-order valence-corrected chi connectivity index (χ4v) is 1.75. The Hall–Kier alpha value is -1.88. The molecule has 19 heavy (non-hydrogen) atoms. The first kappa shape index (κ1) is 15.2. The summed E-state index contributed by atoms with van der Waals surface area (Å²) < 4.78 is 11.4. The maximum atomic E-state index is 8.63. The largest absolute Gasteiger partial charge is 0.478 e. The molecule has 1 heterocycles. The second-order valence-corrected chi connectivity index (χ2v) is 3.99. The molecule has 0 radical (unpaired) electrons. The fraction of sp³-hybridized carbons (Fsp3) is 0.308. The van der Waals surface area contributed by atoms with Gasteiger partial charge in [-0.25, -0.2) is 0 Å². The molecular weight excluding hydrogens is 268 g/mol. The molecule has 0 saturated heterocycles. The second-order valence-electron chi connectivity index (χ2n) is 3.99. The number of para-hydroxylation sites is 1. The van der Waals surface area contributed by atoms with E-state index in [0.717, 1.165) is 16.7 Å². The summed E-state index contributed by atoms with van der Waals surface area (Å²) in [4.78, 5) is 0. The summed E-state index contributed by atoms with van der Waals surface area (Å²) in [6.45, 7) is 3.70. The van der Waals surface area contributed by atoms with E-state index in [1.54, 1.807) is 6.92 Å². The molecule has 6 heteroatoms. The van der Waals surface area contributed by atoms with Crippen LogP contribution in [0.15, 0.2) is 33.8 Å². The van der Waals surface area contributed by atoms with E-state index in [2.05, 4.69) is 5.16 Å². The number of furan rings is 1. The van der Waals surface area contributed by atoms with Crippen LogP contribution >= 0.6 is 12.4 Å². The molecule has 2 aromatic rings. The van der Waals surface area contributed by atoms with E-state index in [0.29, 0.717) is 12.2 Å². The maximum Gasteiger partial charge on any atom is 0.180 e. The first-order valence-electron chi connectivity index (χ1n) is 5.81. The van der Waals surface area contributed by atoms with Crippen LogP contribution in [0.4, 0.5) is 0 Å². The number of hydrogen-bond acceptors (Lipinski definition) is 4. The number of nitrogens with zero attached hydrogens (tertiary/aromatic N) is 1. The monoisotopic (exact) mass is 284 g/mol. The highest BCUT2D eigenvalue weighted by molar-refractivity contribution is 5.88. The predicted molar refractivity (Wildman–Crippen MR) is 76.3 cm³/mol. The molecule has 0 saturated carbocycles. The molecule has 1 unspecified atom stereocenters. The van der Waals surface area contributed by atoms with Crippen LogP contribution < -0.4 is 10.5 Å². The summed E-state index contributed by atoms with van der Waals surface area (Å²) in [5, 5.41) is 12.5. The zero-order valence-corrected chi connectivity index (χ0v) is 11.6. The van der Waals surface area contributed by atoms with Crippen LogP contribution in [0.2, 0.25) is 0 Å². The van der Waals surface area contributed by atoms with Gasteiger partial charge in [-0.3, -0.25) is 0 Å². The summed E-state index contributed by atoms with van der Waals surface area (Å²) in [6, 6.07) is 7.63. The van der Waals surface area contributed by atoms with E-state index < -0.39 is 6.10 Å². The highest BCUT2D eigenvalue weighted by Gasteiger charge is 2.18. The van der Waals surface area contributed by atoms with Crippen LogP contribution in [0.1, 0.15) is 19.6 Å². The lowest BCUT2D eigenvalue weighted by atomic mass is 10.2. The first-order chi connectivity index (χ1) is 8.67. The number of halogens is 1. The number of hydrogen-bond donors (Lipinski definition) is 2. The Bertz CT molecular complexity index is 580. The normalized spacial score (nSPS) is 13.1. The number of rotatable bonds is 4. The maximum absolute atomic E-state index is 8.63. The summed E-state index contributed by atoms with van der Waals surface area (Å²) >= 11 is 0. The van der Waals surface area contributed by atoms with Crippen molar-refractivity contribution in [1.29, 1.82) is 0 Å². The van der Waals surface area contributed by atoms with Gasteiger partial charge in [0.15, 0.2) is 17.7 Å². The van der Waals surface area contributed by atoms with Gasteiger partial charge < -0.3 is 20.1 Å². The van der Waals surface area contributed by atoms with Crippen LogP contribution in [-0.4, -0.2) is 17.1 Å². The molecule has 0 spiro atoms. The SMILES string of the molecule is CCc1oc2ccccc2c1OC(C)C(N)=NO.Cl. The van der Waals surface area contributed by atoms with E-state index >= 15 is 0 Å². The molecule has 5 nitrogen and oxygen atoms in total. The van der Waals surface area contributed by atoms with Gasteiger partial charge in [0.2, 0.25) is 0 Å². The molecule has 0 aliphatic carbocycles. The van der Waals surface area contributed by atoms with Crippen LogP contribution in [0.25, 0.3) is 11.0 Å². The standard InChI is InChI=1S/C13H16N2O3.ClH/c1-3-10-12(17-8(2)13(14)15-16)9-6-4-5-7-11(9)18-10;/h4-8,16H,3H2,1-2H3,(H2,14,15);1H. The van der Waals surface area contributed by atoms with E-state index in [1.807, 2.05) is 31.2 Å². The van der Waals surface area contributed by atoms with E-state index in [-0.39, 0.29) is 18.2 Å². The lowest BCUT2D eigenvalue weighted by Crippen LogP contribution is -2.31. The minimum atomic E-state index is -0.513. The van der Waals surface area contributed by atoms with Crippen LogP contribution in [0.3, 0.4) is 0 Å². The van der Waals surface area contributed by atoms with E-state index in [9.17, 15) is 0 Å². The number of ether oxygens (including phenoxy) is 1. The molecule has 3 N–H and O–H groups in total. The van der Waals surface area contributed by atoms with Gasteiger partial charge in [0.1, 0.15) is 11.3 Å². The fourth-order valence-electron chi connectivity index (χ4n) is 1.75. The van der Waals surface area contributed by atoms with Crippen molar-refractivity contribution < 1.29 is 14.4 Å². The predicted octanol–water partition coefficient (Wildman–Crippen LogP) is 2.93. The number of amidine groups is 1. The van der Waals surface area contributed by atoms with Crippen molar-refractivity contribution in [2.24, 2.45) is 10.9 Å². The average molecular weight is 285 g/mol. The van der Waals surface area contributed by atoms with Gasteiger partial charge in [-0.2, -0.15) is 0 Å². The lowest BCUT2D eigenvalue weighted by molar-refractivity contribution is 0.262. The smallest absolute Gasteiger partial charge is 0.180 e. The van der Waals surface area contributed by atoms with Crippen molar-refractivity contribution in [2.45, 2.75) is 26.4 Å². The number of fused-ring (bicyclic) bond motifs is 1. The van der Waals surface area contributed by atoms with Crippen molar-refractivity contribution >= 4 is 29.2 Å². The van der Waals surface area contributed by atoms with Crippen LogP contribution in [0.5, 0.6) is 5.75 Å². The lowest BCUT2D eigenvalue weighted by Gasteiger charge is -2.12. The molecule has 0 bridgehead atoms. The van der Waals surface area contributed by atoms with Gasteiger partial charge in [0, 0.05) is 6.42 Å². The Balaban J connectivity index is 0.00000180. The molecular formula is C13H17ClN2O3. The van der Waals surface area contributed by atoms with Gasteiger partial charge in [-0.05, 0) is 19.1 Å². The molecule has 0 aliphatic heterocycles. The molecule has 0 amide bonds.